The lowest BCUT2D eigenvalue weighted by molar-refractivity contribution is -0.173. The lowest BCUT2D eigenvalue weighted by atomic mass is 9.62. The van der Waals surface area contributed by atoms with E-state index in [0.29, 0.717) is 17.7 Å². The van der Waals surface area contributed by atoms with Gasteiger partial charge in [0.05, 0.1) is 0 Å². The van der Waals surface area contributed by atoms with Crippen molar-refractivity contribution in [3.05, 3.63) is 93.4 Å². The number of hydrogen-bond donors (Lipinski definition) is 2. The van der Waals surface area contributed by atoms with Gasteiger partial charge in [0.1, 0.15) is 5.76 Å². The average molecular weight is 541 g/mol. The van der Waals surface area contributed by atoms with Crippen molar-refractivity contribution in [1.82, 2.24) is 10.6 Å². The topological polar surface area (TPSA) is 71.3 Å². The van der Waals surface area contributed by atoms with Crippen LogP contribution in [0.1, 0.15) is 90.2 Å². The Morgan fingerprint density at radius 1 is 0.846 bits per heavy atom. The molecule has 4 rings (SSSR count). The van der Waals surface area contributed by atoms with Gasteiger partial charge in [-0.2, -0.15) is 13.2 Å². The molecule has 8 heteroatoms. The molecule has 2 aromatic carbocycles. The van der Waals surface area contributed by atoms with Crippen LogP contribution in [0.2, 0.25) is 0 Å². The summed E-state index contributed by atoms with van der Waals surface area (Å²) in [5, 5.41) is 4.63. The second-order valence-electron chi connectivity index (χ2n) is 11.7. The lowest BCUT2D eigenvalue weighted by Crippen LogP contribution is -2.36. The van der Waals surface area contributed by atoms with Gasteiger partial charge in [0.15, 0.2) is 5.76 Å². The molecular formula is C31H35F3N2O3. The van der Waals surface area contributed by atoms with Crippen LogP contribution >= 0.6 is 0 Å². The number of carbonyl (C=O) groups excluding carboxylic acids is 2. The van der Waals surface area contributed by atoms with E-state index >= 15 is 0 Å². The van der Waals surface area contributed by atoms with E-state index in [2.05, 4.69) is 52.1 Å². The van der Waals surface area contributed by atoms with Gasteiger partial charge in [0.2, 0.25) is 0 Å². The Morgan fingerprint density at radius 3 is 1.95 bits per heavy atom. The molecule has 0 saturated heterocycles. The largest absolute Gasteiger partial charge is 0.471 e. The third kappa shape index (κ3) is 6.54. The summed E-state index contributed by atoms with van der Waals surface area (Å²) in [6.45, 7) is 11.3. The fraction of sp³-hybridized carbons (Fsp3) is 0.419. The van der Waals surface area contributed by atoms with Crippen LogP contribution in [0, 0.1) is 6.92 Å². The van der Waals surface area contributed by atoms with Gasteiger partial charge in [-0.15, -0.1) is 0 Å². The highest BCUT2D eigenvalue weighted by atomic mass is 19.4. The molecule has 5 nitrogen and oxygen atoms in total. The van der Waals surface area contributed by atoms with Gasteiger partial charge in [0.25, 0.3) is 5.91 Å². The van der Waals surface area contributed by atoms with E-state index in [1.165, 1.54) is 22.3 Å². The zero-order valence-corrected chi connectivity index (χ0v) is 23.0. The zero-order chi connectivity index (χ0) is 28.6. The van der Waals surface area contributed by atoms with E-state index in [0.717, 1.165) is 18.4 Å². The van der Waals surface area contributed by atoms with E-state index < -0.39 is 12.1 Å². The van der Waals surface area contributed by atoms with Crippen molar-refractivity contribution in [2.45, 2.75) is 84.0 Å². The van der Waals surface area contributed by atoms with Crippen molar-refractivity contribution in [3.63, 3.8) is 0 Å². The van der Waals surface area contributed by atoms with Crippen molar-refractivity contribution in [2.75, 3.05) is 0 Å². The number of rotatable bonds is 7. The number of carbonyl (C=O) groups is 2. The molecule has 0 spiro atoms. The van der Waals surface area contributed by atoms with Gasteiger partial charge in [0, 0.05) is 19.5 Å². The number of benzene rings is 2. The Hall–Kier alpha value is -3.55. The Morgan fingerprint density at radius 2 is 1.38 bits per heavy atom. The van der Waals surface area contributed by atoms with Crippen molar-refractivity contribution in [1.29, 1.82) is 0 Å². The normalized spacial score (nSPS) is 15.9. The Balaban J connectivity index is 1.36. The molecule has 3 aromatic rings. The molecule has 1 aliphatic rings. The summed E-state index contributed by atoms with van der Waals surface area (Å²) in [6, 6.07) is 14.7. The maximum atomic E-state index is 12.7. The first-order valence-corrected chi connectivity index (χ1v) is 13.1. The van der Waals surface area contributed by atoms with Crippen molar-refractivity contribution < 1.29 is 27.2 Å². The highest BCUT2D eigenvalue weighted by molar-refractivity contribution is 5.91. The fourth-order valence-electron chi connectivity index (χ4n) is 5.07. The molecule has 1 aromatic heterocycles. The van der Waals surface area contributed by atoms with Crippen LogP contribution in [-0.2, 0) is 35.1 Å². The summed E-state index contributed by atoms with van der Waals surface area (Å²) in [7, 11) is 0. The first-order chi connectivity index (χ1) is 18.2. The number of halogens is 3. The lowest BCUT2D eigenvalue weighted by Gasteiger charge is -2.42. The Bertz CT molecular complexity index is 1370. The first kappa shape index (κ1) is 28.5. The second-order valence-corrected chi connectivity index (χ2v) is 11.7. The van der Waals surface area contributed by atoms with E-state index in [1.54, 1.807) is 30.3 Å². The molecule has 2 amide bonds. The smallest absolute Gasteiger partial charge is 0.456 e. The van der Waals surface area contributed by atoms with Gasteiger partial charge in [-0.05, 0) is 76.1 Å². The average Bonchev–Trinajstić information content (AvgIpc) is 3.33. The van der Waals surface area contributed by atoms with E-state index in [9.17, 15) is 22.8 Å². The number of fused-ring (bicyclic) bond motifs is 1. The molecule has 39 heavy (non-hydrogen) atoms. The maximum Gasteiger partial charge on any atom is 0.471 e. The molecule has 0 atom stereocenters. The van der Waals surface area contributed by atoms with Gasteiger partial charge in [-0.3, -0.25) is 9.59 Å². The first-order valence-electron chi connectivity index (χ1n) is 13.1. The third-order valence-electron chi connectivity index (χ3n) is 7.75. The second kappa shape index (κ2) is 10.5. The molecule has 1 heterocycles. The van der Waals surface area contributed by atoms with Gasteiger partial charge in [-0.1, -0.05) is 64.1 Å². The van der Waals surface area contributed by atoms with Crippen molar-refractivity contribution in [3.8, 4) is 0 Å². The minimum Gasteiger partial charge on any atom is -0.456 e. The summed E-state index contributed by atoms with van der Waals surface area (Å²) in [4.78, 5) is 23.6. The van der Waals surface area contributed by atoms with E-state index in [-0.39, 0.29) is 35.6 Å². The van der Waals surface area contributed by atoms with Crippen LogP contribution in [0.3, 0.4) is 0 Å². The van der Waals surface area contributed by atoms with Crippen LogP contribution in [0.25, 0.3) is 0 Å². The standard InChI is InChI=1S/C31H35F3N2O3/c1-19-14-24-25(30(4,5)13-12-29(24,2)3)16-22(19)15-23-10-11-26(39-23)27(37)35-17-20-6-8-21(9-7-20)18-36-28(38)31(32,33)34/h6-11,14,16H,12-13,15,17-18H2,1-5H3,(H,35,37)(H,36,38). The predicted octanol–water partition coefficient (Wildman–Crippen LogP) is 6.64. The number of aryl methyl sites for hydroxylation is 1. The van der Waals surface area contributed by atoms with Crippen LogP contribution in [0.15, 0.2) is 52.9 Å². The van der Waals surface area contributed by atoms with Crippen LogP contribution in [-0.4, -0.2) is 18.0 Å². The molecule has 1 aliphatic carbocycles. The highest BCUT2D eigenvalue weighted by Gasteiger charge is 2.38. The van der Waals surface area contributed by atoms with Crippen molar-refractivity contribution in [2.24, 2.45) is 0 Å². The van der Waals surface area contributed by atoms with E-state index in [4.69, 9.17) is 4.42 Å². The van der Waals surface area contributed by atoms with Gasteiger partial charge < -0.3 is 15.1 Å². The summed E-state index contributed by atoms with van der Waals surface area (Å²) in [5.74, 6) is -1.41. The van der Waals surface area contributed by atoms with Crippen LogP contribution in [0.4, 0.5) is 13.2 Å². The number of amides is 2. The molecule has 0 bridgehead atoms. The number of furan rings is 1. The summed E-state index contributed by atoms with van der Waals surface area (Å²) >= 11 is 0. The molecule has 0 aliphatic heterocycles. The minimum absolute atomic E-state index is 0.108. The number of alkyl halides is 3. The minimum atomic E-state index is -4.91. The number of nitrogens with one attached hydrogen (secondary N) is 2. The molecular weight excluding hydrogens is 505 g/mol. The molecule has 0 radical (unpaired) electrons. The summed E-state index contributed by atoms with van der Waals surface area (Å²) in [5.41, 5.74) is 6.73. The fourth-order valence-corrected chi connectivity index (χ4v) is 5.07. The van der Waals surface area contributed by atoms with Crippen LogP contribution in [0.5, 0.6) is 0 Å². The summed E-state index contributed by atoms with van der Waals surface area (Å²) < 4.78 is 42.8. The monoisotopic (exact) mass is 540 g/mol. The highest BCUT2D eigenvalue weighted by Crippen LogP contribution is 2.46. The van der Waals surface area contributed by atoms with Gasteiger partial charge >= 0.3 is 12.1 Å². The SMILES string of the molecule is Cc1cc2c(cc1Cc1ccc(C(=O)NCc3ccc(CNC(=O)C(F)(F)F)cc3)o1)C(C)(C)CCC2(C)C. The number of hydrogen-bond acceptors (Lipinski definition) is 3. The van der Waals surface area contributed by atoms with E-state index in [1.807, 2.05) is 11.4 Å². The molecule has 0 unspecified atom stereocenters. The zero-order valence-electron chi connectivity index (χ0n) is 23.0. The van der Waals surface area contributed by atoms with Gasteiger partial charge in [-0.25, -0.2) is 0 Å². The molecule has 208 valence electrons. The quantitative estimate of drug-likeness (QED) is 0.353. The Labute approximate surface area is 227 Å². The Kier molecular flexibility index (Phi) is 7.70. The van der Waals surface area contributed by atoms with Crippen LogP contribution < -0.4 is 10.6 Å². The predicted molar refractivity (Wildman–Crippen MR) is 143 cm³/mol. The molecule has 2 N–H and O–H groups in total. The van der Waals surface area contributed by atoms with Crippen molar-refractivity contribution >= 4 is 11.8 Å². The maximum absolute atomic E-state index is 12.7. The third-order valence-corrected chi connectivity index (χ3v) is 7.75. The summed E-state index contributed by atoms with van der Waals surface area (Å²) in [6.07, 6.45) is -2.02. The molecule has 0 saturated carbocycles. The molecule has 0 fully saturated rings.